The highest BCUT2D eigenvalue weighted by molar-refractivity contribution is 7.13. The van der Waals surface area contributed by atoms with Gasteiger partial charge in [-0.05, 0) is 38.5 Å². The molecular weight excluding hydrogens is 378 g/mol. The van der Waals surface area contributed by atoms with Crippen molar-refractivity contribution in [2.45, 2.75) is 33.4 Å². The maximum atomic E-state index is 12.0. The lowest BCUT2D eigenvalue weighted by atomic mass is 10.1. The largest absolute Gasteiger partial charge is 0.462 e. The number of nitrogens with one attached hydrogen (secondary N) is 2. The standard InChI is InChI=1S/C19H25N5O3S/c1-5-27-18(26)15-11(2)23-17(28-15)12(3)24-19(21-4)22-10-13-7-6-8-14(9-13)16(20)25/h6-9,12H,5,10H2,1-4H3,(H2,20,25)(H2,21,22,24). The first-order valence-corrected chi connectivity index (χ1v) is 9.67. The number of primary amides is 1. The molecule has 0 radical (unpaired) electrons. The second-order valence-electron chi connectivity index (χ2n) is 6.04. The summed E-state index contributed by atoms with van der Waals surface area (Å²) < 4.78 is 5.06. The van der Waals surface area contributed by atoms with E-state index in [0.717, 1.165) is 10.6 Å². The Labute approximate surface area is 168 Å². The van der Waals surface area contributed by atoms with Crippen molar-refractivity contribution in [2.24, 2.45) is 10.7 Å². The van der Waals surface area contributed by atoms with Crippen molar-refractivity contribution < 1.29 is 14.3 Å². The predicted octanol–water partition coefficient (Wildman–Crippen LogP) is 2.15. The molecule has 2 rings (SSSR count). The molecule has 0 saturated carbocycles. The number of hydrogen-bond donors (Lipinski definition) is 3. The predicted molar refractivity (Wildman–Crippen MR) is 110 cm³/mol. The van der Waals surface area contributed by atoms with Crippen LogP contribution in [0.2, 0.25) is 0 Å². The van der Waals surface area contributed by atoms with Crippen molar-refractivity contribution in [1.29, 1.82) is 0 Å². The number of esters is 1. The first kappa shape index (κ1) is 21.4. The SMILES string of the molecule is CCOC(=O)c1sc(C(C)NC(=NC)NCc2cccc(C(N)=O)c2)nc1C. The van der Waals surface area contributed by atoms with Crippen molar-refractivity contribution in [1.82, 2.24) is 15.6 Å². The van der Waals surface area contributed by atoms with E-state index in [2.05, 4.69) is 20.6 Å². The Hall–Kier alpha value is -2.94. The number of hydrogen-bond acceptors (Lipinski definition) is 6. The van der Waals surface area contributed by atoms with Gasteiger partial charge in [0.05, 0.1) is 18.3 Å². The zero-order valence-electron chi connectivity index (χ0n) is 16.4. The molecule has 28 heavy (non-hydrogen) atoms. The van der Waals surface area contributed by atoms with E-state index in [1.165, 1.54) is 11.3 Å². The summed E-state index contributed by atoms with van der Waals surface area (Å²) in [5, 5.41) is 7.20. The Morgan fingerprint density at radius 3 is 2.79 bits per heavy atom. The number of thiazole rings is 1. The topological polar surface area (TPSA) is 119 Å². The number of aryl methyl sites for hydroxylation is 1. The molecule has 0 spiro atoms. The van der Waals surface area contributed by atoms with Gasteiger partial charge < -0.3 is 21.1 Å². The van der Waals surface area contributed by atoms with Crippen molar-refractivity contribution in [3.05, 3.63) is 51.0 Å². The average Bonchev–Trinajstić information content (AvgIpc) is 3.07. The fourth-order valence-electron chi connectivity index (χ4n) is 2.47. The molecule has 8 nitrogen and oxygen atoms in total. The zero-order chi connectivity index (χ0) is 20.7. The lowest BCUT2D eigenvalue weighted by Crippen LogP contribution is -2.38. The van der Waals surface area contributed by atoms with Crippen LogP contribution in [0.25, 0.3) is 0 Å². The number of carbonyl (C=O) groups excluding carboxylic acids is 2. The number of ether oxygens (including phenoxy) is 1. The highest BCUT2D eigenvalue weighted by atomic mass is 32.1. The Kier molecular flexibility index (Phi) is 7.51. The molecule has 0 aliphatic carbocycles. The Morgan fingerprint density at radius 2 is 2.14 bits per heavy atom. The van der Waals surface area contributed by atoms with Gasteiger partial charge in [0.2, 0.25) is 5.91 Å². The summed E-state index contributed by atoms with van der Waals surface area (Å²) in [6.45, 7) is 6.30. The highest BCUT2D eigenvalue weighted by Crippen LogP contribution is 2.24. The van der Waals surface area contributed by atoms with Crippen LogP contribution in [0.5, 0.6) is 0 Å². The number of nitrogens with two attached hydrogens (primary N) is 1. The number of aromatic nitrogens is 1. The van der Waals surface area contributed by atoms with Crippen molar-refractivity contribution in [2.75, 3.05) is 13.7 Å². The van der Waals surface area contributed by atoms with E-state index < -0.39 is 5.91 Å². The molecule has 0 saturated heterocycles. The van der Waals surface area contributed by atoms with E-state index in [4.69, 9.17) is 10.5 Å². The minimum atomic E-state index is -0.463. The fourth-order valence-corrected chi connectivity index (χ4v) is 3.43. The van der Waals surface area contributed by atoms with Gasteiger partial charge in [-0.1, -0.05) is 12.1 Å². The van der Waals surface area contributed by atoms with Crippen LogP contribution in [0, 0.1) is 6.92 Å². The van der Waals surface area contributed by atoms with Gasteiger partial charge in [-0.3, -0.25) is 9.79 Å². The first-order chi connectivity index (χ1) is 13.3. The summed E-state index contributed by atoms with van der Waals surface area (Å²) in [6.07, 6.45) is 0. The summed E-state index contributed by atoms with van der Waals surface area (Å²) in [6, 6.07) is 6.93. The normalized spacial score (nSPS) is 12.4. The van der Waals surface area contributed by atoms with Crippen molar-refractivity contribution in [3.8, 4) is 0 Å². The third-order valence-electron chi connectivity index (χ3n) is 3.89. The van der Waals surface area contributed by atoms with Crippen molar-refractivity contribution >= 4 is 29.2 Å². The first-order valence-electron chi connectivity index (χ1n) is 8.86. The molecule has 2 aromatic rings. The molecule has 9 heteroatoms. The number of carbonyl (C=O) groups is 2. The van der Waals surface area contributed by atoms with Crippen LogP contribution >= 0.6 is 11.3 Å². The molecule has 1 unspecified atom stereocenters. The maximum Gasteiger partial charge on any atom is 0.350 e. The summed E-state index contributed by atoms with van der Waals surface area (Å²) in [5.74, 6) is -0.246. The van der Waals surface area contributed by atoms with Gasteiger partial charge in [0.15, 0.2) is 5.96 Å². The van der Waals surface area contributed by atoms with E-state index in [1.54, 1.807) is 39.1 Å². The summed E-state index contributed by atoms with van der Waals surface area (Å²) in [7, 11) is 1.67. The third-order valence-corrected chi connectivity index (χ3v) is 5.21. The number of amides is 1. The van der Waals surface area contributed by atoms with Crippen LogP contribution in [-0.2, 0) is 11.3 Å². The van der Waals surface area contributed by atoms with Crippen LogP contribution in [0.1, 0.15) is 56.2 Å². The van der Waals surface area contributed by atoms with E-state index in [1.807, 2.05) is 13.0 Å². The Bertz CT molecular complexity index is 878. The van der Waals surface area contributed by atoms with Gasteiger partial charge >= 0.3 is 5.97 Å². The molecule has 1 aromatic carbocycles. The van der Waals surface area contributed by atoms with Gasteiger partial charge in [0.1, 0.15) is 9.88 Å². The van der Waals surface area contributed by atoms with Gasteiger partial charge in [-0.15, -0.1) is 11.3 Å². The fraction of sp³-hybridized carbons (Fsp3) is 0.368. The zero-order valence-corrected chi connectivity index (χ0v) is 17.2. The van der Waals surface area contributed by atoms with Crippen molar-refractivity contribution in [3.63, 3.8) is 0 Å². The summed E-state index contributed by atoms with van der Waals surface area (Å²) in [5.41, 5.74) is 7.33. The molecule has 1 atom stereocenters. The monoisotopic (exact) mass is 403 g/mol. The summed E-state index contributed by atoms with van der Waals surface area (Å²) >= 11 is 1.31. The van der Waals surface area contributed by atoms with E-state index in [9.17, 15) is 9.59 Å². The molecular formula is C19H25N5O3S. The summed E-state index contributed by atoms with van der Waals surface area (Å²) in [4.78, 5) is 32.5. The molecule has 1 heterocycles. The molecule has 0 aliphatic heterocycles. The van der Waals surface area contributed by atoms with E-state index >= 15 is 0 Å². The number of rotatable bonds is 7. The third kappa shape index (κ3) is 5.53. The molecule has 0 aliphatic rings. The molecule has 1 aromatic heterocycles. The lowest BCUT2D eigenvalue weighted by molar-refractivity contribution is 0.0531. The van der Waals surface area contributed by atoms with Gasteiger partial charge in [-0.25, -0.2) is 9.78 Å². The van der Waals surface area contributed by atoms with E-state index in [0.29, 0.717) is 35.2 Å². The Morgan fingerprint density at radius 1 is 1.39 bits per heavy atom. The van der Waals surface area contributed by atoms with Crippen LogP contribution < -0.4 is 16.4 Å². The van der Waals surface area contributed by atoms with Crippen LogP contribution in [0.4, 0.5) is 0 Å². The van der Waals surface area contributed by atoms with Crippen LogP contribution in [-0.4, -0.2) is 36.5 Å². The lowest BCUT2D eigenvalue weighted by Gasteiger charge is -2.16. The van der Waals surface area contributed by atoms with Gasteiger partial charge in [-0.2, -0.15) is 0 Å². The van der Waals surface area contributed by atoms with Crippen LogP contribution in [0.15, 0.2) is 29.3 Å². The smallest absolute Gasteiger partial charge is 0.350 e. The number of aliphatic imine (C=N–C) groups is 1. The minimum absolute atomic E-state index is 0.157. The molecule has 150 valence electrons. The molecule has 1 amide bonds. The maximum absolute atomic E-state index is 12.0. The molecule has 0 fully saturated rings. The van der Waals surface area contributed by atoms with Gasteiger partial charge in [0, 0.05) is 19.2 Å². The quantitative estimate of drug-likeness (QED) is 0.370. The molecule has 4 N–H and O–H groups in total. The number of benzene rings is 1. The van der Waals surface area contributed by atoms with E-state index in [-0.39, 0.29) is 12.0 Å². The number of guanidine groups is 1. The second-order valence-corrected chi connectivity index (χ2v) is 7.07. The second kappa shape index (κ2) is 9.84. The highest BCUT2D eigenvalue weighted by Gasteiger charge is 2.20. The minimum Gasteiger partial charge on any atom is -0.462 e. The Balaban J connectivity index is 2.01. The average molecular weight is 404 g/mol. The van der Waals surface area contributed by atoms with Crippen LogP contribution in [0.3, 0.4) is 0 Å². The van der Waals surface area contributed by atoms with Gasteiger partial charge in [0.25, 0.3) is 0 Å². The number of nitrogens with zero attached hydrogens (tertiary/aromatic N) is 2. The molecule has 0 bridgehead atoms.